The summed E-state index contributed by atoms with van der Waals surface area (Å²) < 4.78 is 105. The number of anilines is 1. The van der Waals surface area contributed by atoms with Crippen LogP contribution < -0.4 is 15.8 Å². The second kappa shape index (κ2) is 12.8. The molecule has 1 saturated heterocycles. The van der Waals surface area contributed by atoms with Gasteiger partial charge in [0.1, 0.15) is 23.5 Å². The fourth-order valence-corrected chi connectivity index (χ4v) is 5.79. The molecule has 5 rings (SSSR count). The number of rotatable bonds is 7. The Morgan fingerprint density at radius 2 is 1.88 bits per heavy atom. The minimum atomic E-state index is -4.90. The number of imidazole rings is 1. The van der Waals surface area contributed by atoms with Crippen LogP contribution in [-0.2, 0) is 29.2 Å². The second-order valence-corrected chi connectivity index (χ2v) is 11.4. The quantitative estimate of drug-likeness (QED) is 0.260. The molecule has 256 valence electrons. The van der Waals surface area contributed by atoms with E-state index in [-0.39, 0.29) is 41.4 Å². The molecule has 1 amide bonds. The number of carboxylic acids is 1. The number of hydrogen-bond donors (Lipinski definition) is 2. The van der Waals surface area contributed by atoms with Crippen molar-refractivity contribution in [2.24, 2.45) is 7.05 Å². The Bertz CT molecular complexity index is 1950. The average Bonchev–Trinajstić information content (AvgIpc) is 3.49. The van der Waals surface area contributed by atoms with Crippen LogP contribution in [0, 0.1) is 12.7 Å². The number of aliphatic carboxylic acids is 1. The normalized spacial score (nSPS) is 16.3. The van der Waals surface area contributed by atoms with E-state index in [9.17, 15) is 45.8 Å². The SMILES string of the molecule is Cc1cc(C(F)(F)F)c(-c2ccc(CC(NC(=O)c3c(F)cc(N4CCOCC4C(F)(F)F)cc3Cl)C(=O)O)n3ccnc23)c(=O)n1C. The lowest BCUT2D eigenvalue weighted by Gasteiger charge is -2.38. The number of aromatic nitrogens is 3. The summed E-state index contributed by atoms with van der Waals surface area (Å²) >= 11 is 6.14. The van der Waals surface area contributed by atoms with Gasteiger partial charge in [-0.1, -0.05) is 11.6 Å². The molecule has 10 nitrogen and oxygen atoms in total. The number of hydrogen-bond acceptors (Lipinski definition) is 6. The lowest BCUT2D eigenvalue weighted by atomic mass is 9.99. The summed E-state index contributed by atoms with van der Waals surface area (Å²) in [7, 11) is 1.31. The van der Waals surface area contributed by atoms with Gasteiger partial charge >= 0.3 is 18.3 Å². The van der Waals surface area contributed by atoms with E-state index >= 15 is 4.39 Å². The Kier molecular flexibility index (Phi) is 9.22. The number of morpholine rings is 1. The van der Waals surface area contributed by atoms with E-state index in [0.29, 0.717) is 6.07 Å². The number of fused-ring (bicyclic) bond motifs is 1. The van der Waals surface area contributed by atoms with Crippen molar-refractivity contribution in [2.75, 3.05) is 24.7 Å². The maximum Gasteiger partial charge on any atom is 0.417 e. The van der Waals surface area contributed by atoms with Crippen molar-refractivity contribution < 1.29 is 50.2 Å². The lowest BCUT2D eigenvalue weighted by molar-refractivity contribution is -0.167. The van der Waals surface area contributed by atoms with Gasteiger partial charge in [-0.05, 0) is 37.3 Å². The number of benzene rings is 1. The molecule has 48 heavy (non-hydrogen) atoms. The largest absolute Gasteiger partial charge is 0.480 e. The molecule has 2 unspecified atom stereocenters. The fraction of sp³-hybridized carbons (Fsp3) is 0.333. The average molecular weight is 704 g/mol. The van der Waals surface area contributed by atoms with Crippen molar-refractivity contribution in [3.05, 3.63) is 86.4 Å². The number of carbonyl (C=O) groups excluding carboxylic acids is 1. The van der Waals surface area contributed by atoms with E-state index in [1.165, 1.54) is 42.9 Å². The Morgan fingerprint density at radius 3 is 2.50 bits per heavy atom. The van der Waals surface area contributed by atoms with Gasteiger partial charge in [-0.25, -0.2) is 14.2 Å². The lowest BCUT2D eigenvalue weighted by Crippen LogP contribution is -2.53. The Morgan fingerprint density at radius 1 is 1.17 bits per heavy atom. The summed E-state index contributed by atoms with van der Waals surface area (Å²) in [6.45, 7) is 0.312. The summed E-state index contributed by atoms with van der Waals surface area (Å²) in [5.74, 6) is -4.18. The molecule has 1 fully saturated rings. The number of pyridine rings is 2. The van der Waals surface area contributed by atoms with Crippen LogP contribution in [0.25, 0.3) is 16.8 Å². The topological polar surface area (TPSA) is 118 Å². The van der Waals surface area contributed by atoms with Gasteiger partial charge in [0.15, 0.2) is 0 Å². The highest BCUT2D eigenvalue weighted by Gasteiger charge is 2.46. The third-order valence-electron chi connectivity index (χ3n) is 7.99. The predicted octanol–water partition coefficient (Wildman–Crippen LogP) is 5.01. The molecule has 0 bridgehead atoms. The molecule has 0 spiro atoms. The molecule has 1 aliphatic heterocycles. The van der Waals surface area contributed by atoms with Gasteiger partial charge in [0.05, 0.1) is 34.9 Å². The van der Waals surface area contributed by atoms with Crippen LogP contribution in [0.3, 0.4) is 0 Å². The molecule has 18 heteroatoms. The minimum absolute atomic E-state index is 0.0601. The zero-order valence-corrected chi connectivity index (χ0v) is 25.7. The van der Waals surface area contributed by atoms with Gasteiger partial charge in [0.2, 0.25) is 0 Å². The molecule has 2 N–H and O–H groups in total. The van der Waals surface area contributed by atoms with Crippen molar-refractivity contribution in [2.45, 2.75) is 37.8 Å². The highest BCUT2D eigenvalue weighted by molar-refractivity contribution is 6.34. The number of carboxylic acid groups (broad SMARTS) is 1. The van der Waals surface area contributed by atoms with E-state index in [1.807, 2.05) is 0 Å². The maximum absolute atomic E-state index is 15.2. The van der Waals surface area contributed by atoms with Crippen LogP contribution in [0.1, 0.15) is 27.3 Å². The smallest absolute Gasteiger partial charge is 0.417 e. The number of halogens is 8. The number of amides is 1. The molecule has 2 atom stereocenters. The van der Waals surface area contributed by atoms with Crippen molar-refractivity contribution in [3.8, 4) is 11.1 Å². The molecule has 1 aliphatic rings. The Hall–Kier alpha value is -4.64. The summed E-state index contributed by atoms with van der Waals surface area (Å²) in [6, 6.07) is 1.04. The monoisotopic (exact) mass is 703 g/mol. The third-order valence-corrected chi connectivity index (χ3v) is 8.28. The first-order valence-electron chi connectivity index (χ1n) is 14.1. The molecule has 4 aromatic rings. The summed E-state index contributed by atoms with van der Waals surface area (Å²) in [4.78, 5) is 43.3. The minimum Gasteiger partial charge on any atom is -0.480 e. The predicted molar refractivity (Wildman–Crippen MR) is 158 cm³/mol. The molecule has 0 saturated carbocycles. The van der Waals surface area contributed by atoms with Crippen LogP contribution in [-0.4, -0.2) is 69.0 Å². The number of carbonyl (C=O) groups is 2. The zero-order chi connectivity index (χ0) is 35.3. The first-order valence-corrected chi connectivity index (χ1v) is 14.4. The number of aryl methyl sites for hydroxylation is 1. The van der Waals surface area contributed by atoms with Gasteiger partial charge in [-0.3, -0.25) is 9.59 Å². The van der Waals surface area contributed by atoms with Crippen LogP contribution in [0.5, 0.6) is 0 Å². The number of nitrogens with zero attached hydrogens (tertiary/aromatic N) is 4. The van der Waals surface area contributed by atoms with Crippen molar-refractivity contribution >= 4 is 34.8 Å². The second-order valence-electron chi connectivity index (χ2n) is 11.0. The van der Waals surface area contributed by atoms with E-state index in [1.54, 1.807) is 0 Å². The molecule has 1 aromatic carbocycles. The maximum atomic E-state index is 15.2. The van der Waals surface area contributed by atoms with Crippen molar-refractivity contribution in [3.63, 3.8) is 0 Å². The van der Waals surface area contributed by atoms with E-state index < -0.39 is 82.4 Å². The Balaban J connectivity index is 1.46. The zero-order valence-electron chi connectivity index (χ0n) is 24.9. The van der Waals surface area contributed by atoms with Crippen LogP contribution in [0.4, 0.5) is 36.4 Å². The van der Waals surface area contributed by atoms with Crippen molar-refractivity contribution in [1.82, 2.24) is 19.3 Å². The van der Waals surface area contributed by atoms with E-state index in [0.717, 1.165) is 21.6 Å². The fourth-order valence-electron chi connectivity index (χ4n) is 5.50. The standard InChI is InChI=1S/C30H25ClF7N5O5/c1-14-9-18(29(33,34)35)23(27(45)41(14)2)17-4-3-15(43-6-5-39-25(17)43)12-21(28(46)47)40-26(44)24-19(31)10-16(11-20(24)32)42-7-8-48-13-22(42)30(36,37)38/h3-6,9-11,21-22H,7-8,12-13H2,1-2H3,(H,40,44)(H,46,47). The van der Waals surface area contributed by atoms with Gasteiger partial charge in [0, 0.05) is 55.0 Å². The number of ether oxygens (including phenoxy) is 1. The van der Waals surface area contributed by atoms with Crippen LogP contribution >= 0.6 is 11.6 Å². The highest BCUT2D eigenvalue weighted by atomic mass is 35.5. The van der Waals surface area contributed by atoms with Gasteiger partial charge in [-0.15, -0.1) is 0 Å². The number of nitrogens with one attached hydrogen (secondary N) is 1. The molecular formula is C30H25ClF7N5O5. The third kappa shape index (κ3) is 6.56. The summed E-state index contributed by atoms with van der Waals surface area (Å²) in [6.07, 6.45) is -7.58. The first kappa shape index (κ1) is 34.7. The Labute approximate surface area is 271 Å². The highest BCUT2D eigenvalue weighted by Crippen LogP contribution is 2.38. The number of alkyl halides is 6. The van der Waals surface area contributed by atoms with Gasteiger partial charge < -0.3 is 29.0 Å². The summed E-state index contributed by atoms with van der Waals surface area (Å²) in [5, 5.41) is 11.5. The first-order chi connectivity index (χ1) is 22.4. The van der Waals surface area contributed by atoms with Gasteiger partial charge in [-0.2, -0.15) is 26.3 Å². The van der Waals surface area contributed by atoms with Gasteiger partial charge in [0.25, 0.3) is 11.5 Å². The molecular weight excluding hydrogens is 679 g/mol. The molecule has 0 radical (unpaired) electrons. The van der Waals surface area contributed by atoms with Crippen LogP contribution in [0.15, 0.2) is 47.5 Å². The molecule has 0 aliphatic carbocycles. The summed E-state index contributed by atoms with van der Waals surface area (Å²) in [5.41, 5.74) is -4.00. The van der Waals surface area contributed by atoms with Crippen LogP contribution in [0.2, 0.25) is 5.02 Å². The molecule has 3 aromatic heterocycles. The van der Waals surface area contributed by atoms with Crippen molar-refractivity contribution in [1.29, 1.82) is 0 Å². The van der Waals surface area contributed by atoms with E-state index in [4.69, 9.17) is 16.3 Å². The van der Waals surface area contributed by atoms with E-state index in [2.05, 4.69) is 10.3 Å². The molecule has 4 heterocycles.